The third kappa shape index (κ3) is 2.52. The van der Waals surface area contributed by atoms with Gasteiger partial charge in [0, 0.05) is 12.1 Å². The Hall–Kier alpha value is -0.900. The van der Waals surface area contributed by atoms with Crippen LogP contribution in [0.25, 0.3) is 0 Å². The second kappa shape index (κ2) is 3.87. The molecule has 1 aromatic carbocycles. The minimum Gasteiger partial charge on any atom is -0.507 e. The molecule has 0 amide bonds. The maximum absolute atomic E-state index is 13.0. The number of thiol groups is 1. The fraction of sp³-hybridized carbons (Fsp3) is 0.333. The Labute approximate surface area is 81.8 Å². The lowest BCUT2D eigenvalue weighted by Gasteiger charge is -2.10. The summed E-state index contributed by atoms with van der Waals surface area (Å²) in [7, 11) is 0. The van der Waals surface area contributed by atoms with Crippen LogP contribution in [0.5, 0.6) is 11.5 Å². The summed E-state index contributed by atoms with van der Waals surface area (Å²) in [6.07, 6.45) is -0.0513. The van der Waals surface area contributed by atoms with E-state index in [4.69, 9.17) is 4.74 Å². The Morgan fingerprint density at radius 1 is 1.46 bits per heavy atom. The summed E-state index contributed by atoms with van der Waals surface area (Å²) >= 11 is 3.77. The van der Waals surface area contributed by atoms with Gasteiger partial charge in [-0.1, -0.05) is 0 Å². The highest BCUT2D eigenvalue weighted by Crippen LogP contribution is 2.29. The molecule has 0 saturated heterocycles. The van der Waals surface area contributed by atoms with Crippen LogP contribution in [0.15, 0.2) is 17.0 Å². The zero-order valence-corrected chi connectivity index (χ0v) is 8.31. The molecule has 0 aliphatic rings. The fourth-order valence-electron chi connectivity index (χ4n) is 0.901. The zero-order chi connectivity index (χ0) is 10.0. The van der Waals surface area contributed by atoms with Gasteiger partial charge in [0.05, 0.1) is 11.0 Å². The van der Waals surface area contributed by atoms with Crippen molar-refractivity contribution >= 4 is 12.6 Å². The van der Waals surface area contributed by atoms with Crippen molar-refractivity contribution < 1.29 is 14.2 Å². The molecule has 0 unspecified atom stereocenters. The van der Waals surface area contributed by atoms with Crippen LogP contribution in [0.1, 0.15) is 13.8 Å². The Bertz CT molecular complexity index is 289. The van der Waals surface area contributed by atoms with Crippen LogP contribution in [-0.2, 0) is 0 Å². The first-order chi connectivity index (χ1) is 6.00. The second-order valence-corrected chi connectivity index (χ2v) is 3.39. The molecule has 0 fully saturated rings. The average molecular weight is 202 g/mol. The van der Waals surface area contributed by atoms with E-state index in [0.717, 1.165) is 0 Å². The Morgan fingerprint density at radius 2 is 2.08 bits per heavy atom. The van der Waals surface area contributed by atoms with E-state index >= 15 is 0 Å². The SMILES string of the molecule is CC(C)Oc1cc(O)c(S)c(F)c1. The highest BCUT2D eigenvalue weighted by Gasteiger charge is 2.08. The summed E-state index contributed by atoms with van der Waals surface area (Å²) in [6.45, 7) is 3.65. The molecule has 0 atom stereocenters. The predicted molar refractivity (Wildman–Crippen MR) is 51.1 cm³/mol. The number of halogens is 1. The molecule has 0 heterocycles. The third-order valence-corrected chi connectivity index (χ3v) is 1.83. The van der Waals surface area contributed by atoms with Gasteiger partial charge in [-0.15, -0.1) is 12.6 Å². The van der Waals surface area contributed by atoms with Crippen molar-refractivity contribution in [1.29, 1.82) is 0 Å². The molecule has 72 valence electrons. The maximum atomic E-state index is 13.0. The molecular formula is C9H11FO2S. The molecule has 1 N–H and O–H groups in total. The van der Waals surface area contributed by atoms with Gasteiger partial charge in [-0.2, -0.15) is 0 Å². The Morgan fingerprint density at radius 3 is 2.54 bits per heavy atom. The Kier molecular flexibility index (Phi) is 3.03. The lowest BCUT2D eigenvalue weighted by Crippen LogP contribution is -2.05. The largest absolute Gasteiger partial charge is 0.507 e. The van der Waals surface area contributed by atoms with E-state index in [1.165, 1.54) is 12.1 Å². The number of phenolic OH excluding ortho intramolecular Hbond substituents is 1. The van der Waals surface area contributed by atoms with E-state index < -0.39 is 5.82 Å². The lowest BCUT2D eigenvalue weighted by atomic mass is 10.3. The number of benzene rings is 1. The van der Waals surface area contributed by atoms with Crippen LogP contribution in [0.2, 0.25) is 0 Å². The van der Waals surface area contributed by atoms with Crippen LogP contribution in [-0.4, -0.2) is 11.2 Å². The summed E-state index contributed by atoms with van der Waals surface area (Å²) in [6, 6.07) is 2.54. The van der Waals surface area contributed by atoms with Gasteiger partial charge in [0.15, 0.2) is 0 Å². The molecule has 0 aromatic heterocycles. The zero-order valence-electron chi connectivity index (χ0n) is 7.41. The molecule has 1 rings (SSSR count). The first-order valence-electron chi connectivity index (χ1n) is 3.89. The number of phenols is 1. The number of aromatic hydroxyl groups is 1. The van der Waals surface area contributed by atoms with Gasteiger partial charge in [0.2, 0.25) is 0 Å². The van der Waals surface area contributed by atoms with Gasteiger partial charge in [-0.05, 0) is 13.8 Å². The molecule has 0 aliphatic heterocycles. The second-order valence-electron chi connectivity index (χ2n) is 2.94. The molecule has 13 heavy (non-hydrogen) atoms. The summed E-state index contributed by atoms with van der Waals surface area (Å²) in [5.41, 5.74) is 0. The van der Waals surface area contributed by atoms with E-state index in [2.05, 4.69) is 12.6 Å². The third-order valence-electron chi connectivity index (χ3n) is 1.39. The number of hydrogen-bond acceptors (Lipinski definition) is 3. The molecule has 0 radical (unpaired) electrons. The number of rotatable bonds is 2. The average Bonchev–Trinajstić information content (AvgIpc) is 1.98. The predicted octanol–water partition coefficient (Wildman–Crippen LogP) is 2.61. The molecule has 2 nitrogen and oxygen atoms in total. The smallest absolute Gasteiger partial charge is 0.143 e. The van der Waals surface area contributed by atoms with Gasteiger partial charge in [0.25, 0.3) is 0 Å². The van der Waals surface area contributed by atoms with Gasteiger partial charge < -0.3 is 9.84 Å². The highest BCUT2D eigenvalue weighted by molar-refractivity contribution is 7.80. The molecule has 1 aromatic rings. The lowest BCUT2D eigenvalue weighted by molar-refractivity contribution is 0.239. The summed E-state index contributed by atoms with van der Waals surface area (Å²) < 4.78 is 18.2. The van der Waals surface area contributed by atoms with Crippen molar-refractivity contribution in [2.75, 3.05) is 0 Å². The number of hydrogen-bond donors (Lipinski definition) is 2. The highest BCUT2D eigenvalue weighted by atomic mass is 32.1. The van der Waals surface area contributed by atoms with Gasteiger partial charge in [-0.3, -0.25) is 0 Å². The van der Waals surface area contributed by atoms with E-state index in [0.29, 0.717) is 5.75 Å². The van der Waals surface area contributed by atoms with Crippen molar-refractivity contribution in [1.82, 2.24) is 0 Å². The van der Waals surface area contributed by atoms with Crippen LogP contribution < -0.4 is 4.74 Å². The maximum Gasteiger partial charge on any atom is 0.143 e. The molecular weight excluding hydrogens is 191 g/mol. The minimum absolute atomic E-state index is 0.0513. The summed E-state index contributed by atoms with van der Waals surface area (Å²) in [5, 5.41) is 9.20. The van der Waals surface area contributed by atoms with Crippen LogP contribution >= 0.6 is 12.6 Å². The topological polar surface area (TPSA) is 29.5 Å². The Balaban J connectivity index is 2.99. The van der Waals surface area contributed by atoms with Crippen LogP contribution in [0.4, 0.5) is 4.39 Å². The van der Waals surface area contributed by atoms with E-state index in [-0.39, 0.29) is 16.7 Å². The van der Waals surface area contributed by atoms with E-state index in [1.807, 2.05) is 13.8 Å². The van der Waals surface area contributed by atoms with Crippen LogP contribution in [0, 0.1) is 5.82 Å². The fourth-order valence-corrected chi connectivity index (χ4v) is 1.03. The van der Waals surface area contributed by atoms with Gasteiger partial charge in [0.1, 0.15) is 17.3 Å². The van der Waals surface area contributed by atoms with Crippen molar-refractivity contribution in [3.05, 3.63) is 17.9 Å². The molecule has 0 bridgehead atoms. The molecule has 0 saturated carbocycles. The quantitative estimate of drug-likeness (QED) is 0.722. The standard InChI is InChI=1S/C9H11FO2S/c1-5(2)12-6-3-7(10)9(13)8(11)4-6/h3-5,11,13H,1-2H3. The molecule has 0 spiro atoms. The summed E-state index contributed by atoms with van der Waals surface area (Å²) in [4.78, 5) is -0.0592. The van der Waals surface area contributed by atoms with Crippen molar-refractivity contribution in [3.63, 3.8) is 0 Å². The van der Waals surface area contributed by atoms with Gasteiger partial charge >= 0.3 is 0 Å². The summed E-state index contributed by atoms with van der Waals surface area (Å²) in [5.74, 6) is -0.485. The molecule has 0 aliphatic carbocycles. The van der Waals surface area contributed by atoms with Gasteiger partial charge in [-0.25, -0.2) is 4.39 Å². The minimum atomic E-state index is -0.584. The number of ether oxygens (including phenoxy) is 1. The first-order valence-corrected chi connectivity index (χ1v) is 4.33. The van der Waals surface area contributed by atoms with Crippen LogP contribution in [0.3, 0.4) is 0 Å². The normalized spacial score (nSPS) is 10.5. The molecule has 4 heteroatoms. The first kappa shape index (κ1) is 10.2. The van der Waals surface area contributed by atoms with Crippen molar-refractivity contribution in [2.24, 2.45) is 0 Å². The van der Waals surface area contributed by atoms with Crippen molar-refractivity contribution in [2.45, 2.75) is 24.8 Å². The van der Waals surface area contributed by atoms with E-state index in [9.17, 15) is 9.50 Å². The van der Waals surface area contributed by atoms with Crippen molar-refractivity contribution in [3.8, 4) is 11.5 Å². The monoisotopic (exact) mass is 202 g/mol. The van der Waals surface area contributed by atoms with E-state index in [1.54, 1.807) is 0 Å².